The average Bonchev–Trinajstić information content (AvgIpc) is 3.62. The summed E-state index contributed by atoms with van der Waals surface area (Å²) in [7, 11) is 0. The van der Waals surface area contributed by atoms with Gasteiger partial charge in [0.05, 0.1) is 12.4 Å². The van der Waals surface area contributed by atoms with Gasteiger partial charge in [-0.05, 0) is 36.5 Å². The fraction of sp³-hybridized carbons (Fsp3) is 0.407. The normalized spacial score (nSPS) is 14.0. The first kappa shape index (κ1) is 32.1. The smallest absolute Gasteiger partial charge is 0.326 e. The van der Waals surface area contributed by atoms with Gasteiger partial charge < -0.3 is 41.9 Å². The van der Waals surface area contributed by atoms with Crippen molar-refractivity contribution in [2.75, 3.05) is 12.0 Å². The number of imidazole rings is 1. The number of hydrogen-bond acceptors (Lipinski definition) is 8. The molecule has 4 unspecified atom stereocenters. The minimum Gasteiger partial charge on any atom is -0.481 e. The lowest BCUT2D eigenvalue weighted by Crippen LogP contribution is -2.58. The molecule has 226 valence electrons. The van der Waals surface area contributed by atoms with Crippen molar-refractivity contribution in [1.82, 2.24) is 30.9 Å². The van der Waals surface area contributed by atoms with Gasteiger partial charge in [0.1, 0.15) is 18.1 Å². The number of nitrogens with zero attached hydrogens (tertiary/aromatic N) is 1. The molecule has 15 heteroatoms. The van der Waals surface area contributed by atoms with Crippen molar-refractivity contribution in [3.05, 3.63) is 54.2 Å². The second-order valence-electron chi connectivity index (χ2n) is 9.69. The lowest BCUT2D eigenvalue weighted by Gasteiger charge is -2.25. The number of nitrogens with one attached hydrogen (secondary N) is 5. The van der Waals surface area contributed by atoms with Crippen molar-refractivity contribution in [2.45, 2.75) is 56.3 Å². The van der Waals surface area contributed by atoms with Gasteiger partial charge in [-0.25, -0.2) is 9.78 Å². The van der Waals surface area contributed by atoms with E-state index >= 15 is 0 Å². The number of fused-ring (bicyclic) bond motifs is 1. The summed E-state index contributed by atoms with van der Waals surface area (Å²) in [4.78, 5) is 72.6. The minimum absolute atomic E-state index is 0.0230. The molecule has 4 atom stereocenters. The van der Waals surface area contributed by atoms with Crippen molar-refractivity contribution in [3.8, 4) is 0 Å². The number of carboxylic acid groups (broad SMARTS) is 2. The van der Waals surface area contributed by atoms with Crippen molar-refractivity contribution in [2.24, 2.45) is 5.73 Å². The third kappa shape index (κ3) is 9.34. The topological polar surface area (TPSA) is 232 Å². The number of aliphatic carboxylic acids is 2. The van der Waals surface area contributed by atoms with Crippen LogP contribution in [0.2, 0.25) is 0 Å². The molecule has 0 saturated heterocycles. The number of H-pyrrole nitrogens is 2. The molecule has 0 radical (unpaired) electrons. The van der Waals surface area contributed by atoms with Gasteiger partial charge in [0.15, 0.2) is 0 Å². The summed E-state index contributed by atoms with van der Waals surface area (Å²) >= 11 is 1.50. The van der Waals surface area contributed by atoms with Crippen LogP contribution in [0, 0.1) is 0 Å². The highest BCUT2D eigenvalue weighted by molar-refractivity contribution is 7.98. The molecule has 3 rings (SSSR count). The number of benzene rings is 1. The Hall–Kier alpha value is -4.37. The second-order valence-corrected chi connectivity index (χ2v) is 10.7. The molecule has 9 N–H and O–H groups in total. The Kier molecular flexibility index (Phi) is 11.9. The van der Waals surface area contributed by atoms with E-state index in [2.05, 4.69) is 30.9 Å². The van der Waals surface area contributed by atoms with Crippen LogP contribution >= 0.6 is 11.8 Å². The molecule has 0 bridgehead atoms. The van der Waals surface area contributed by atoms with Crippen LogP contribution in [0.5, 0.6) is 0 Å². The molecule has 0 aliphatic heterocycles. The highest BCUT2D eigenvalue weighted by Gasteiger charge is 2.31. The second kappa shape index (κ2) is 15.6. The molecule has 14 nitrogen and oxygen atoms in total. The van der Waals surface area contributed by atoms with Crippen LogP contribution in [0.3, 0.4) is 0 Å². The van der Waals surface area contributed by atoms with E-state index in [0.29, 0.717) is 23.4 Å². The Balaban J connectivity index is 1.84. The van der Waals surface area contributed by atoms with Gasteiger partial charge in [-0.3, -0.25) is 19.2 Å². The molecule has 0 spiro atoms. The van der Waals surface area contributed by atoms with Gasteiger partial charge in [0, 0.05) is 48.3 Å². The lowest BCUT2D eigenvalue weighted by molar-refractivity contribution is -0.142. The largest absolute Gasteiger partial charge is 0.481 e. The number of aromatic amines is 2. The summed E-state index contributed by atoms with van der Waals surface area (Å²) < 4.78 is 0. The molecule has 2 aromatic heterocycles. The fourth-order valence-electron chi connectivity index (χ4n) is 4.28. The summed E-state index contributed by atoms with van der Waals surface area (Å²) in [5, 5.41) is 27.3. The minimum atomic E-state index is -1.34. The first-order valence-corrected chi connectivity index (χ1v) is 14.6. The molecule has 3 amide bonds. The van der Waals surface area contributed by atoms with E-state index in [-0.39, 0.29) is 19.3 Å². The number of rotatable bonds is 17. The van der Waals surface area contributed by atoms with Gasteiger partial charge in [-0.15, -0.1) is 0 Å². The number of carbonyl (C=O) groups excluding carboxylic acids is 3. The Morgan fingerprint density at radius 2 is 1.62 bits per heavy atom. The predicted molar refractivity (Wildman–Crippen MR) is 156 cm³/mol. The van der Waals surface area contributed by atoms with Crippen molar-refractivity contribution < 1.29 is 34.2 Å². The summed E-state index contributed by atoms with van der Waals surface area (Å²) in [6.07, 6.45) is 5.93. The van der Waals surface area contributed by atoms with Crippen LogP contribution in [0.25, 0.3) is 10.9 Å². The molecule has 3 aromatic rings. The number of carboxylic acids is 2. The Morgan fingerprint density at radius 1 is 0.929 bits per heavy atom. The molecule has 0 aliphatic rings. The van der Waals surface area contributed by atoms with Crippen LogP contribution < -0.4 is 21.7 Å². The van der Waals surface area contributed by atoms with E-state index in [1.807, 2.05) is 30.5 Å². The number of carbonyl (C=O) groups is 5. The summed E-state index contributed by atoms with van der Waals surface area (Å²) in [5.74, 6) is -4.07. The maximum absolute atomic E-state index is 13.5. The van der Waals surface area contributed by atoms with Crippen LogP contribution in [-0.4, -0.2) is 91.0 Å². The first-order valence-electron chi connectivity index (χ1n) is 13.2. The Morgan fingerprint density at radius 3 is 2.29 bits per heavy atom. The molecule has 0 aliphatic carbocycles. The molecule has 1 aromatic carbocycles. The van der Waals surface area contributed by atoms with Gasteiger partial charge >= 0.3 is 11.9 Å². The summed E-state index contributed by atoms with van der Waals surface area (Å²) in [6, 6.07) is 2.51. The number of nitrogens with two attached hydrogens (primary N) is 1. The van der Waals surface area contributed by atoms with Crippen molar-refractivity contribution in [1.29, 1.82) is 0 Å². The zero-order chi connectivity index (χ0) is 30.6. The first-order chi connectivity index (χ1) is 20.1. The van der Waals surface area contributed by atoms with E-state index in [4.69, 9.17) is 5.73 Å². The van der Waals surface area contributed by atoms with E-state index in [9.17, 15) is 34.2 Å². The van der Waals surface area contributed by atoms with Crippen LogP contribution in [0.15, 0.2) is 43.0 Å². The number of thioether (sulfide) groups is 1. The molecule has 2 heterocycles. The molecular weight excluding hydrogens is 566 g/mol. The molecular formula is C27H35N7O7S. The SMILES string of the molecule is CSCCC(N)C(=O)NC(CCC(=O)O)C(=O)NC(Cc1c[nH]c2ccccc12)C(=O)NC(Cc1cnc[nH]1)C(=O)O. The quantitative estimate of drug-likeness (QED) is 0.104. The van der Waals surface area contributed by atoms with Gasteiger partial charge in [0.25, 0.3) is 0 Å². The highest BCUT2D eigenvalue weighted by atomic mass is 32.2. The molecule has 42 heavy (non-hydrogen) atoms. The number of para-hydroxylation sites is 1. The van der Waals surface area contributed by atoms with Gasteiger partial charge in [-0.1, -0.05) is 18.2 Å². The molecule has 0 fully saturated rings. The third-order valence-electron chi connectivity index (χ3n) is 6.58. The maximum atomic E-state index is 13.5. The predicted octanol–water partition coefficient (Wildman–Crippen LogP) is 0.160. The fourth-order valence-corrected chi connectivity index (χ4v) is 4.77. The lowest BCUT2D eigenvalue weighted by atomic mass is 10.0. The number of aromatic nitrogens is 3. The highest BCUT2D eigenvalue weighted by Crippen LogP contribution is 2.19. The zero-order valence-electron chi connectivity index (χ0n) is 23.0. The van der Waals surface area contributed by atoms with Crippen molar-refractivity contribution >= 4 is 52.3 Å². The van der Waals surface area contributed by atoms with Crippen molar-refractivity contribution in [3.63, 3.8) is 0 Å². The van der Waals surface area contributed by atoms with Gasteiger partial charge in [0.2, 0.25) is 17.7 Å². The van der Waals surface area contributed by atoms with E-state index in [0.717, 1.165) is 10.9 Å². The van der Waals surface area contributed by atoms with Crippen LogP contribution in [-0.2, 0) is 36.8 Å². The van der Waals surface area contributed by atoms with E-state index in [1.54, 1.807) is 6.20 Å². The van der Waals surface area contributed by atoms with E-state index in [1.165, 1.54) is 24.3 Å². The van der Waals surface area contributed by atoms with Crippen LogP contribution in [0.4, 0.5) is 0 Å². The van der Waals surface area contributed by atoms with E-state index < -0.39 is 60.2 Å². The summed E-state index contributed by atoms with van der Waals surface area (Å²) in [6.45, 7) is 0. The average molecular weight is 602 g/mol. The third-order valence-corrected chi connectivity index (χ3v) is 7.22. The van der Waals surface area contributed by atoms with Gasteiger partial charge in [-0.2, -0.15) is 11.8 Å². The standard InChI is InChI=1S/C27H35N7O7S/c1-42-9-8-18(28)24(37)32-20(6-7-23(35)36)25(38)33-21(10-15-12-30-19-5-3-2-4-17(15)19)26(39)34-22(27(40)41)11-16-13-29-14-31-16/h2-5,12-14,18,20-22,30H,6-11,28H2,1H3,(H,29,31)(H,32,37)(H,33,38)(H,34,39)(H,35,36)(H,40,41). The maximum Gasteiger partial charge on any atom is 0.326 e. The Bertz CT molecular complexity index is 1380. The monoisotopic (exact) mass is 601 g/mol. The number of amides is 3. The molecule has 0 saturated carbocycles. The Labute approximate surface area is 245 Å². The number of hydrogen-bond donors (Lipinski definition) is 8. The summed E-state index contributed by atoms with van der Waals surface area (Å²) in [5.41, 5.74) is 7.89. The zero-order valence-corrected chi connectivity index (χ0v) is 23.8. The van der Waals surface area contributed by atoms with Crippen LogP contribution in [0.1, 0.15) is 30.5 Å².